The van der Waals surface area contributed by atoms with Crippen LogP contribution in [0.2, 0.25) is 0 Å². The molecule has 0 saturated carbocycles. The van der Waals surface area contributed by atoms with Gasteiger partial charge in [0, 0.05) is 22.1 Å². The van der Waals surface area contributed by atoms with Crippen LogP contribution in [0.5, 0.6) is 0 Å². The molecule has 0 bridgehead atoms. The molecular weight excluding hydrogens is 310 g/mol. The minimum absolute atomic E-state index is 0.913. The number of hydrogen-bond acceptors (Lipinski definition) is 2. The topological polar surface area (TPSA) is 39.5 Å². The predicted octanol–water partition coefficient (Wildman–Crippen LogP) is 3.19. The van der Waals surface area contributed by atoms with Crippen LogP contribution >= 0.6 is 0 Å². The molecule has 0 aliphatic rings. The number of nitrogens with zero attached hydrogens (tertiary/aromatic N) is 5. The molecule has 5 heteroatoms. The molecule has 0 saturated heterocycles. The van der Waals surface area contributed by atoms with E-state index in [9.17, 15) is 0 Å². The van der Waals surface area contributed by atoms with Crippen LogP contribution in [0.3, 0.4) is 0 Å². The van der Waals surface area contributed by atoms with Crippen LogP contribution in [0.1, 0.15) is 0 Å². The van der Waals surface area contributed by atoms with Gasteiger partial charge < -0.3 is 0 Å². The third-order valence-electron chi connectivity index (χ3n) is 4.52. The molecule has 0 N–H and O–H groups in total. The van der Waals surface area contributed by atoms with Gasteiger partial charge in [-0.05, 0) is 41.2 Å². The van der Waals surface area contributed by atoms with Crippen LogP contribution < -0.4 is 4.68 Å². The number of benzene rings is 2. The molecule has 25 heavy (non-hydrogen) atoms. The summed E-state index contributed by atoms with van der Waals surface area (Å²) in [6, 6.07) is 20.8. The van der Waals surface area contributed by atoms with Crippen molar-refractivity contribution in [1.82, 2.24) is 19.4 Å². The first kappa shape index (κ1) is 13.9. The minimum Gasteiger partial charge on any atom is -0.294 e. The van der Waals surface area contributed by atoms with Crippen molar-refractivity contribution >= 4 is 21.8 Å². The van der Waals surface area contributed by atoms with Crippen molar-refractivity contribution < 1.29 is 4.68 Å². The largest absolute Gasteiger partial charge is 0.294 e. The molecule has 120 valence electrons. The summed E-state index contributed by atoms with van der Waals surface area (Å²) in [4.78, 5) is 6.44. The maximum absolute atomic E-state index is 4.57. The van der Waals surface area contributed by atoms with Gasteiger partial charge in [0.05, 0.1) is 11.0 Å². The number of para-hydroxylation sites is 1. The molecule has 0 spiro atoms. The average molecular weight is 326 g/mol. The highest BCUT2D eigenvalue weighted by molar-refractivity contribution is 6.09. The van der Waals surface area contributed by atoms with E-state index >= 15 is 0 Å². The summed E-state index contributed by atoms with van der Waals surface area (Å²) in [5, 5.41) is 6.83. The Morgan fingerprint density at radius 3 is 2.48 bits per heavy atom. The summed E-state index contributed by atoms with van der Waals surface area (Å²) in [6.07, 6.45) is 5.55. The van der Waals surface area contributed by atoms with Gasteiger partial charge in [0.2, 0.25) is 6.20 Å². The molecule has 0 atom stereocenters. The molecular formula is C20H16N5+. The summed E-state index contributed by atoms with van der Waals surface area (Å²) in [6.45, 7) is 0. The van der Waals surface area contributed by atoms with E-state index in [2.05, 4.69) is 57.1 Å². The van der Waals surface area contributed by atoms with Crippen molar-refractivity contribution in [2.75, 3.05) is 0 Å². The number of pyridine rings is 1. The fourth-order valence-corrected chi connectivity index (χ4v) is 3.40. The lowest BCUT2D eigenvalue weighted by molar-refractivity contribution is -0.748. The van der Waals surface area contributed by atoms with Crippen molar-refractivity contribution in [3.8, 4) is 11.5 Å². The van der Waals surface area contributed by atoms with E-state index in [0.29, 0.717) is 0 Å². The molecule has 0 amide bonds. The van der Waals surface area contributed by atoms with Crippen LogP contribution in [0.15, 0.2) is 79.3 Å². The second-order valence-electron chi connectivity index (χ2n) is 6.02. The Balaban J connectivity index is 1.90. The van der Waals surface area contributed by atoms with Crippen molar-refractivity contribution in [2.45, 2.75) is 0 Å². The van der Waals surface area contributed by atoms with E-state index in [0.717, 1.165) is 22.5 Å². The molecule has 2 aromatic carbocycles. The third-order valence-corrected chi connectivity index (χ3v) is 4.52. The summed E-state index contributed by atoms with van der Waals surface area (Å²) in [7, 11) is 1.98. The number of fused-ring (bicyclic) bond motifs is 3. The Kier molecular flexibility index (Phi) is 2.94. The van der Waals surface area contributed by atoms with Crippen LogP contribution in [-0.4, -0.2) is 19.4 Å². The molecule has 0 unspecified atom stereocenters. The molecule has 0 fully saturated rings. The summed E-state index contributed by atoms with van der Waals surface area (Å²) in [5.41, 5.74) is 3.28. The van der Waals surface area contributed by atoms with Gasteiger partial charge >= 0.3 is 0 Å². The van der Waals surface area contributed by atoms with Crippen molar-refractivity contribution in [1.29, 1.82) is 0 Å². The molecule has 0 aliphatic heterocycles. The van der Waals surface area contributed by atoms with E-state index in [1.165, 1.54) is 10.8 Å². The van der Waals surface area contributed by atoms with Crippen molar-refractivity contribution in [3.63, 3.8) is 0 Å². The molecule has 3 aromatic heterocycles. The zero-order valence-electron chi connectivity index (χ0n) is 13.7. The second-order valence-corrected chi connectivity index (χ2v) is 6.02. The first-order valence-electron chi connectivity index (χ1n) is 8.18. The van der Waals surface area contributed by atoms with Crippen LogP contribution in [0.25, 0.3) is 33.3 Å². The second kappa shape index (κ2) is 5.27. The fourth-order valence-electron chi connectivity index (χ4n) is 3.40. The van der Waals surface area contributed by atoms with E-state index in [1.807, 2.05) is 47.1 Å². The number of aryl methyl sites for hydroxylation is 1. The maximum Gasteiger partial charge on any atom is 0.206 e. The zero-order chi connectivity index (χ0) is 16.8. The molecule has 5 nitrogen and oxygen atoms in total. The molecule has 5 aromatic rings. The van der Waals surface area contributed by atoms with Crippen LogP contribution in [0.4, 0.5) is 0 Å². The zero-order valence-corrected chi connectivity index (χ0v) is 13.7. The Hall–Kier alpha value is -3.47. The molecule has 0 aliphatic carbocycles. The smallest absolute Gasteiger partial charge is 0.206 e. The van der Waals surface area contributed by atoms with E-state index in [-0.39, 0.29) is 0 Å². The Labute approximate surface area is 144 Å². The van der Waals surface area contributed by atoms with Gasteiger partial charge in [0.15, 0.2) is 6.20 Å². The van der Waals surface area contributed by atoms with Gasteiger partial charge in [0.25, 0.3) is 0 Å². The molecule has 0 radical (unpaired) electrons. The highest BCUT2D eigenvalue weighted by Gasteiger charge is 2.15. The number of aromatic nitrogens is 5. The van der Waals surface area contributed by atoms with Gasteiger partial charge in [-0.25, -0.2) is 4.98 Å². The third kappa shape index (κ3) is 2.06. The van der Waals surface area contributed by atoms with Crippen LogP contribution in [-0.2, 0) is 7.05 Å². The SMILES string of the molecule is C[n+]1ccnn1-c1ccc2c3ccccc3n(-c3ccccn3)c2c1. The lowest BCUT2D eigenvalue weighted by Crippen LogP contribution is -2.37. The van der Waals surface area contributed by atoms with E-state index in [4.69, 9.17) is 0 Å². The average Bonchev–Trinajstić information content (AvgIpc) is 3.23. The minimum atomic E-state index is 0.913. The Morgan fingerprint density at radius 2 is 1.68 bits per heavy atom. The molecule has 3 heterocycles. The van der Waals surface area contributed by atoms with Gasteiger partial charge in [-0.2, -0.15) is 4.68 Å². The maximum atomic E-state index is 4.57. The van der Waals surface area contributed by atoms with E-state index < -0.39 is 0 Å². The first-order chi connectivity index (χ1) is 12.3. The lowest BCUT2D eigenvalue weighted by atomic mass is 10.1. The van der Waals surface area contributed by atoms with E-state index in [1.54, 1.807) is 6.20 Å². The van der Waals surface area contributed by atoms with Crippen LogP contribution in [0, 0.1) is 0 Å². The first-order valence-corrected chi connectivity index (χ1v) is 8.18. The highest BCUT2D eigenvalue weighted by Crippen LogP contribution is 2.32. The lowest BCUT2D eigenvalue weighted by Gasteiger charge is -2.06. The Morgan fingerprint density at radius 1 is 0.840 bits per heavy atom. The number of hydrogen-bond donors (Lipinski definition) is 0. The van der Waals surface area contributed by atoms with Crippen molar-refractivity contribution in [2.24, 2.45) is 7.05 Å². The number of rotatable bonds is 2. The quantitative estimate of drug-likeness (QED) is 0.467. The fraction of sp³-hybridized carbons (Fsp3) is 0.0500. The Bertz CT molecular complexity index is 1200. The van der Waals surface area contributed by atoms with Crippen molar-refractivity contribution in [3.05, 3.63) is 79.3 Å². The predicted molar refractivity (Wildman–Crippen MR) is 96.9 cm³/mol. The highest BCUT2D eigenvalue weighted by atomic mass is 15.5. The molecule has 5 rings (SSSR count). The standard InChI is InChI=1S/C20H16N5/c1-23-13-12-22-25(23)15-9-10-17-16-6-2-3-7-18(16)24(19(17)14-15)20-8-4-5-11-21-20/h2-14H,1H3/q+1. The summed E-state index contributed by atoms with van der Waals surface area (Å²) < 4.78 is 4.16. The van der Waals surface area contributed by atoms with Gasteiger partial charge in [-0.1, -0.05) is 24.3 Å². The normalized spacial score (nSPS) is 11.4. The van der Waals surface area contributed by atoms with Gasteiger partial charge in [0.1, 0.15) is 18.6 Å². The van der Waals surface area contributed by atoms with Gasteiger partial charge in [-0.15, -0.1) is 0 Å². The monoisotopic (exact) mass is 326 g/mol. The summed E-state index contributed by atoms with van der Waals surface area (Å²) >= 11 is 0. The summed E-state index contributed by atoms with van der Waals surface area (Å²) in [5.74, 6) is 0.913. The van der Waals surface area contributed by atoms with Gasteiger partial charge in [-0.3, -0.25) is 4.57 Å².